The maximum atomic E-state index is 13.3. The Morgan fingerprint density at radius 3 is 2.56 bits per heavy atom. The maximum absolute atomic E-state index is 13.3. The molecule has 1 fully saturated rings. The van der Waals surface area contributed by atoms with Crippen LogP contribution in [0.3, 0.4) is 0 Å². The van der Waals surface area contributed by atoms with E-state index >= 15 is 0 Å². The van der Waals surface area contributed by atoms with Crippen LogP contribution in [0.2, 0.25) is 0 Å². The number of carbonyl (C=O) groups excluding carboxylic acids is 2. The molecule has 142 valence electrons. The van der Waals surface area contributed by atoms with Gasteiger partial charge in [0.1, 0.15) is 11.6 Å². The molecule has 1 heterocycles. The van der Waals surface area contributed by atoms with Crippen molar-refractivity contribution in [2.75, 3.05) is 13.1 Å². The first-order valence-corrected chi connectivity index (χ1v) is 8.95. The van der Waals surface area contributed by atoms with E-state index in [1.54, 1.807) is 17.0 Å². The number of nitrogens with zero attached hydrogens (tertiary/aromatic N) is 1. The van der Waals surface area contributed by atoms with Gasteiger partial charge in [-0.1, -0.05) is 12.1 Å². The molecule has 0 spiro atoms. The zero-order chi connectivity index (χ0) is 19.4. The van der Waals surface area contributed by atoms with Crippen molar-refractivity contribution in [2.45, 2.75) is 26.3 Å². The summed E-state index contributed by atoms with van der Waals surface area (Å²) in [6.45, 7) is 2.91. The van der Waals surface area contributed by atoms with Crippen molar-refractivity contribution in [1.82, 2.24) is 10.2 Å². The van der Waals surface area contributed by atoms with Gasteiger partial charge in [-0.3, -0.25) is 9.59 Å². The molecule has 0 bridgehead atoms. The molecule has 2 amide bonds. The van der Waals surface area contributed by atoms with Crippen LogP contribution in [0.5, 0.6) is 0 Å². The molecule has 0 saturated carbocycles. The molecule has 3 rings (SSSR count). The molecule has 1 aliphatic heterocycles. The minimum atomic E-state index is -0.721. The van der Waals surface area contributed by atoms with Crippen LogP contribution in [0.4, 0.5) is 8.78 Å². The smallest absolute Gasteiger partial charge is 0.253 e. The van der Waals surface area contributed by atoms with Crippen LogP contribution in [0.15, 0.2) is 48.5 Å². The molecule has 1 N–H and O–H groups in total. The van der Waals surface area contributed by atoms with Crippen molar-refractivity contribution in [3.63, 3.8) is 0 Å². The Balaban J connectivity index is 1.65. The number of likely N-dealkylation sites (tertiary alicyclic amines) is 1. The Morgan fingerprint density at radius 2 is 1.85 bits per heavy atom. The van der Waals surface area contributed by atoms with Crippen LogP contribution in [0, 0.1) is 17.0 Å². The molecule has 1 aliphatic rings. The summed E-state index contributed by atoms with van der Waals surface area (Å²) in [5.41, 5.74) is 0.365. The molecule has 0 aliphatic carbocycles. The second-order valence-electron chi connectivity index (χ2n) is 7.21. The Morgan fingerprint density at radius 1 is 1.11 bits per heavy atom. The van der Waals surface area contributed by atoms with Gasteiger partial charge in [-0.25, -0.2) is 8.78 Å². The highest BCUT2D eigenvalue weighted by atomic mass is 19.1. The van der Waals surface area contributed by atoms with Gasteiger partial charge in [0.15, 0.2) is 0 Å². The fourth-order valence-corrected chi connectivity index (χ4v) is 3.42. The van der Waals surface area contributed by atoms with Gasteiger partial charge >= 0.3 is 0 Å². The van der Waals surface area contributed by atoms with E-state index in [1.807, 2.05) is 6.92 Å². The van der Waals surface area contributed by atoms with E-state index in [0.717, 1.165) is 0 Å². The van der Waals surface area contributed by atoms with E-state index in [1.165, 1.54) is 36.4 Å². The van der Waals surface area contributed by atoms with Crippen LogP contribution in [0.1, 0.15) is 35.7 Å². The average molecular weight is 372 g/mol. The molecule has 2 aromatic rings. The predicted molar refractivity (Wildman–Crippen MR) is 97.9 cm³/mol. The van der Waals surface area contributed by atoms with Crippen molar-refractivity contribution < 1.29 is 18.4 Å². The first kappa shape index (κ1) is 19.0. The van der Waals surface area contributed by atoms with Gasteiger partial charge in [-0.2, -0.15) is 0 Å². The number of piperidine rings is 1. The fraction of sp³-hybridized carbons (Fsp3) is 0.333. The number of benzene rings is 2. The molecular weight excluding hydrogens is 350 g/mol. The molecule has 27 heavy (non-hydrogen) atoms. The monoisotopic (exact) mass is 372 g/mol. The summed E-state index contributed by atoms with van der Waals surface area (Å²) >= 11 is 0. The van der Waals surface area contributed by atoms with E-state index < -0.39 is 11.2 Å². The number of amides is 2. The third-order valence-electron chi connectivity index (χ3n) is 4.97. The average Bonchev–Trinajstić information content (AvgIpc) is 2.66. The third-order valence-corrected chi connectivity index (χ3v) is 4.97. The summed E-state index contributed by atoms with van der Waals surface area (Å²) in [4.78, 5) is 27.0. The largest absolute Gasteiger partial charge is 0.351 e. The highest BCUT2D eigenvalue weighted by Crippen LogP contribution is 2.30. The molecule has 0 aromatic heterocycles. The van der Waals surface area contributed by atoms with Crippen molar-refractivity contribution in [2.24, 2.45) is 5.41 Å². The van der Waals surface area contributed by atoms with Gasteiger partial charge in [-0.05, 0) is 61.7 Å². The summed E-state index contributed by atoms with van der Waals surface area (Å²) < 4.78 is 26.3. The van der Waals surface area contributed by atoms with E-state index in [4.69, 9.17) is 0 Å². The van der Waals surface area contributed by atoms with E-state index in [0.29, 0.717) is 30.5 Å². The van der Waals surface area contributed by atoms with E-state index in [-0.39, 0.29) is 30.7 Å². The number of hydrogen-bond donors (Lipinski definition) is 1. The first-order chi connectivity index (χ1) is 12.9. The molecule has 2 aromatic carbocycles. The summed E-state index contributed by atoms with van der Waals surface area (Å²) in [7, 11) is 0. The lowest BCUT2D eigenvalue weighted by Gasteiger charge is -2.39. The number of hydrogen-bond acceptors (Lipinski definition) is 2. The van der Waals surface area contributed by atoms with Crippen LogP contribution >= 0.6 is 0 Å². The normalized spacial score (nSPS) is 19.6. The summed E-state index contributed by atoms with van der Waals surface area (Å²) in [6.07, 6.45) is 1.37. The van der Waals surface area contributed by atoms with Crippen molar-refractivity contribution in [3.05, 3.63) is 71.3 Å². The molecular formula is C21H22F2N2O2. The highest BCUT2D eigenvalue weighted by Gasteiger charge is 2.39. The number of rotatable bonds is 4. The SMILES string of the molecule is C[C@]1(C(=O)NCc2cccc(F)c2)CCCN(C(=O)c2ccc(F)cc2)C1. The van der Waals surface area contributed by atoms with E-state index in [9.17, 15) is 18.4 Å². The van der Waals surface area contributed by atoms with Crippen LogP contribution in [0.25, 0.3) is 0 Å². The Bertz CT molecular complexity index is 838. The lowest BCUT2D eigenvalue weighted by molar-refractivity contribution is -0.132. The van der Waals surface area contributed by atoms with Crippen LogP contribution in [-0.2, 0) is 11.3 Å². The molecule has 0 unspecified atom stereocenters. The predicted octanol–water partition coefficient (Wildman–Crippen LogP) is 3.52. The van der Waals surface area contributed by atoms with Crippen molar-refractivity contribution in [1.29, 1.82) is 0 Å². The lowest BCUT2D eigenvalue weighted by Crippen LogP contribution is -2.51. The van der Waals surface area contributed by atoms with E-state index in [2.05, 4.69) is 5.32 Å². The maximum Gasteiger partial charge on any atom is 0.253 e. The first-order valence-electron chi connectivity index (χ1n) is 8.95. The van der Waals surface area contributed by atoms with Gasteiger partial charge in [0.2, 0.25) is 5.91 Å². The standard InChI is InChI=1S/C21H22F2N2O2/c1-21(20(27)24-13-15-4-2-5-18(23)12-15)10-3-11-25(14-21)19(26)16-6-8-17(22)9-7-16/h2,4-9,12H,3,10-11,13-14H2,1H3,(H,24,27)/t21-/m0/s1. The highest BCUT2D eigenvalue weighted by molar-refractivity contribution is 5.95. The Labute approximate surface area is 157 Å². The summed E-state index contributed by atoms with van der Waals surface area (Å²) in [5, 5.41) is 2.85. The molecule has 0 radical (unpaired) electrons. The van der Waals surface area contributed by atoms with Crippen molar-refractivity contribution >= 4 is 11.8 Å². The second kappa shape index (κ2) is 7.86. The summed E-state index contributed by atoms with van der Waals surface area (Å²) in [6, 6.07) is 11.5. The Kier molecular flexibility index (Phi) is 5.54. The quantitative estimate of drug-likeness (QED) is 0.893. The van der Waals surface area contributed by atoms with Gasteiger partial charge < -0.3 is 10.2 Å². The van der Waals surface area contributed by atoms with Gasteiger partial charge in [0, 0.05) is 25.2 Å². The number of halogens is 2. The molecule has 4 nitrogen and oxygen atoms in total. The zero-order valence-corrected chi connectivity index (χ0v) is 15.2. The third kappa shape index (κ3) is 4.51. The van der Waals surface area contributed by atoms with Crippen LogP contribution in [-0.4, -0.2) is 29.8 Å². The molecule has 6 heteroatoms. The minimum absolute atomic E-state index is 0.164. The fourth-order valence-electron chi connectivity index (χ4n) is 3.42. The van der Waals surface area contributed by atoms with Crippen molar-refractivity contribution in [3.8, 4) is 0 Å². The van der Waals surface area contributed by atoms with Gasteiger partial charge in [0.05, 0.1) is 5.41 Å². The minimum Gasteiger partial charge on any atom is -0.351 e. The number of carbonyl (C=O) groups is 2. The lowest BCUT2D eigenvalue weighted by atomic mass is 9.80. The molecule has 1 saturated heterocycles. The summed E-state index contributed by atoms with van der Waals surface area (Å²) in [5.74, 6) is -1.12. The second-order valence-corrected chi connectivity index (χ2v) is 7.21. The molecule has 1 atom stereocenters. The number of nitrogens with one attached hydrogen (secondary N) is 1. The zero-order valence-electron chi connectivity index (χ0n) is 15.2. The topological polar surface area (TPSA) is 49.4 Å². The van der Waals surface area contributed by atoms with Crippen LogP contribution < -0.4 is 5.32 Å². The van der Waals surface area contributed by atoms with Gasteiger partial charge in [-0.15, -0.1) is 0 Å². The Hall–Kier alpha value is -2.76. The van der Waals surface area contributed by atoms with Gasteiger partial charge in [0.25, 0.3) is 5.91 Å².